The van der Waals surface area contributed by atoms with Gasteiger partial charge in [0.1, 0.15) is 16.7 Å². The van der Waals surface area contributed by atoms with Crippen molar-refractivity contribution in [2.45, 2.75) is 0 Å². The van der Waals surface area contributed by atoms with E-state index >= 15 is 0 Å². The second-order valence-electron chi connectivity index (χ2n) is 13.1. The standard InChI is InChI=1S/C47H28N2O2/c1-3-9-29(10-4-1)34-21-25-42-38(28-34)45-43(50-42)26-22-39-46(45)51-47(48-39)32-17-15-30(16-18-32)33-20-23-40-37(27-33)44-36-14-8-7-11-31(36)19-24-41(44)49(40)35-12-5-2-6-13-35/h1-28H. The topological polar surface area (TPSA) is 44.1 Å². The summed E-state index contributed by atoms with van der Waals surface area (Å²) in [5.74, 6) is 0.588. The fourth-order valence-corrected chi connectivity index (χ4v) is 7.81. The molecule has 8 aromatic carbocycles. The van der Waals surface area contributed by atoms with Crippen molar-refractivity contribution < 1.29 is 8.83 Å². The summed E-state index contributed by atoms with van der Waals surface area (Å²) in [7, 11) is 0. The van der Waals surface area contributed by atoms with E-state index in [1.807, 2.05) is 24.3 Å². The van der Waals surface area contributed by atoms with E-state index in [2.05, 4.69) is 150 Å². The zero-order valence-electron chi connectivity index (χ0n) is 27.4. The third-order valence-electron chi connectivity index (χ3n) is 10.2. The number of para-hydroxylation sites is 1. The molecule has 0 unspecified atom stereocenters. The molecule has 0 N–H and O–H groups in total. The fraction of sp³-hybridized carbons (Fsp3) is 0. The van der Waals surface area contributed by atoms with Gasteiger partial charge < -0.3 is 13.4 Å². The SMILES string of the molecule is c1ccc(-c2ccc3oc4ccc5nc(-c6ccc(-c7ccc8c(c7)c7c9ccccc9ccc7n8-c7ccccc7)cc6)oc5c4c3c2)cc1. The Morgan fingerprint density at radius 3 is 1.90 bits per heavy atom. The second-order valence-corrected chi connectivity index (χ2v) is 13.1. The maximum atomic E-state index is 6.54. The lowest BCUT2D eigenvalue weighted by atomic mass is 9.99. The van der Waals surface area contributed by atoms with Gasteiger partial charge in [0, 0.05) is 27.4 Å². The number of furan rings is 1. The van der Waals surface area contributed by atoms with Crippen LogP contribution in [0.4, 0.5) is 0 Å². The molecule has 0 saturated heterocycles. The highest BCUT2D eigenvalue weighted by Crippen LogP contribution is 2.41. The Balaban J connectivity index is 1.02. The van der Waals surface area contributed by atoms with Crippen LogP contribution in [0.25, 0.3) is 105 Å². The van der Waals surface area contributed by atoms with Crippen LogP contribution in [0, 0.1) is 0 Å². The molecule has 0 aliphatic rings. The third-order valence-corrected chi connectivity index (χ3v) is 10.2. The quantitative estimate of drug-likeness (QED) is 0.190. The first kappa shape index (κ1) is 28.0. The number of fused-ring (bicyclic) bond motifs is 10. The lowest BCUT2D eigenvalue weighted by Crippen LogP contribution is -1.93. The van der Waals surface area contributed by atoms with Gasteiger partial charge in [-0.2, -0.15) is 0 Å². The molecule has 3 aromatic heterocycles. The summed E-state index contributed by atoms with van der Waals surface area (Å²) in [6, 6.07) is 59.8. The smallest absolute Gasteiger partial charge is 0.227 e. The molecule has 0 aliphatic heterocycles. The van der Waals surface area contributed by atoms with Gasteiger partial charge in [0.2, 0.25) is 5.89 Å². The second kappa shape index (κ2) is 10.8. The van der Waals surface area contributed by atoms with Gasteiger partial charge in [0.25, 0.3) is 0 Å². The molecule has 0 spiro atoms. The molecular weight excluding hydrogens is 625 g/mol. The third kappa shape index (κ3) is 4.30. The van der Waals surface area contributed by atoms with E-state index < -0.39 is 0 Å². The van der Waals surface area contributed by atoms with E-state index in [0.29, 0.717) is 5.89 Å². The van der Waals surface area contributed by atoms with Crippen LogP contribution in [0.1, 0.15) is 0 Å². The Labute approximate surface area is 292 Å². The van der Waals surface area contributed by atoms with E-state index in [0.717, 1.165) is 66.5 Å². The lowest BCUT2D eigenvalue weighted by Gasteiger charge is -2.08. The van der Waals surface area contributed by atoms with Crippen LogP contribution in [0.2, 0.25) is 0 Å². The van der Waals surface area contributed by atoms with Gasteiger partial charge in [0.15, 0.2) is 5.58 Å². The molecular formula is C47H28N2O2. The van der Waals surface area contributed by atoms with Crippen molar-refractivity contribution in [2.24, 2.45) is 0 Å². The predicted molar refractivity (Wildman–Crippen MR) is 209 cm³/mol. The average molecular weight is 653 g/mol. The summed E-state index contributed by atoms with van der Waals surface area (Å²) in [4.78, 5) is 4.93. The van der Waals surface area contributed by atoms with Gasteiger partial charge in [-0.1, -0.05) is 103 Å². The van der Waals surface area contributed by atoms with Crippen molar-refractivity contribution in [2.75, 3.05) is 0 Å². The van der Waals surface area contributed by atoms with E-state index in [4.69, 9.17) is 13.8 Å². The summed E-state index contributed by atoms with van der Waals surface area (Å²) in [6.07, 6.45) is 0. The molecule has 0 bridgehead atoms. The molecule has 0 saturated carbocycles. The summed E-state index contributed by atoms with van der Waals surface area (Å²) < 4.78 is 15.2. The minimum absolute atomic E-state index is 0.588. The Morgan fingerprint density at radius 1 is 0.412 bits per heavy atom. The van der Waals surface area contributed by atoms with Crippen molar-refractivity contribution >= 4 is 65.6 Å². The number of nitrogens with zero attached hydrogens (tertiary/aromatic N) is 2. The first-order valence-corrected chi connectivity index (χ1v) is 17.2. The average Bonchev–Trinajstić information content (AvgIpc) is 3.90. The number of rotatable bonds is 4. The number of oxazole rings is 1. The Kier molecular flexibility index (Phi) is 5.92. The van der Waals surface area contributed by atoms with E-state index in [1.165, 1.54) is 32.6 Å². The summed E-state index contributed by atoms with van der Waals surface area (Å²) in [6.45, 7) is 0. The number of benzene rings is 8. The maximum Gasteiger partial charge on any atom is 0.227 e. The minimum atomic E-state index is 0.588. The van der Waals surface area contributed by atoms with Gasteiger partial charge >= 0.3 is 0 Å². The monoisotopic (exact) mass is 652 g/mol. The van der Waals surface area contributed by atoms with Crippen LogP contribution >= 0.6 is 0 Å². The van der Waals surface area contributed by atoms with Crippen molar-refractivity contribution in [1.82, 2.24) is 9.55 Å². The molecule has 3 heterocycles. The van der Waals surface area contributed by atoms with E-state index in [9.17, 15) is 0 Å². The molecule has 0 fully saturated rings. The number of hydrogen-bond acceptors (Lipinski definition) is 3. The van der Waals surface area contributed by atoms with Crippen molar-refractivity contribution in [3.8, 4) is 39.4 Å². The molecule has 238 valence electrons. The molecule has 4 nitrogen and oxygen atoms in total. The molecule has 0 radical (unpaired) electrons. The van der Waals surface area contributed by atoms with Crippen molar-refractivity contribution in [3.05, 3.63) is 170 Å². The van der Waals surface area contributed by atoms with Crippen LogP contribution in [0.3, 0.4) is 0 Å². The zero-order valence-corrected chi connectivity index (χ0v) is 27.4. The first-order valence-electron chi connectivity index (χ1n) is 17.2. The molecule has 11 aromatic rings. The number of hydrogen-bond donors (Lipinski definition) is 0. The van der Waals surface area contributed by atoms with Crippen molar-refractivity contribution in [3.63, 3.8) is 0 Å². The Morgan fingerprint density at radius 2 is 1.06 bits per heavy atom. The predicted octanol–water partition coefficient (Wildman–Crippen LogP) is 13.0. The molecule has 0 aliphatic carbocycles. The van der Waals surface area contributed by atoms with Gasteiger partial charge in [-0.05, 0) is 99.8 Å². The first-order chi connectivity index (χ1) is 25.3. The van der Waals surface area contributed by atoms with Crippen LogP contribution in [-0.2, 0) is 0 Å². The zero-order chi connectivity index (χ0) is 33.5. The highest BCUT2D eigenvalue weighted by molar-refractivity contribution is 6.22. The van der Waals surface area contributed by atoms with Gasteiger partial charge in [-0.25, -0.2) is 4.98 Å². The van der Waals surface area contributed by atoms with Crippen LogP contribution in [0.5, 0.6) is 0 Å². The van der Waals surface area contributed by atoms with Crippen LogP contribution in [-0.4, -0.2) is 9.55 Å². The van der Waals surface area contributed by atoms with E-state index in [1.54, 1.807) is 0 Å². The highest BCUT2D eigenvalue weighted by atomic mass is 16.4. The van der Waals surface area contributed by atoms with Crippen LogP contribution in [0.15, 0.2) is 179 Å². The lowest BCUT2D eigenvalue weighted by molar-refractivity contribution is 0.622. The van der Waals surface area contributed by atoms with Gasteiger partial charge in [0.05, 0.1) is 16.4 Å². The summed E-state index contributed by atoms with van der Waals surface area (Å²) >= 11 is 0. The Bertz CT molecular complexity index is 3110. The fourth-order valence-electron chi connectivity index (χ4n) is 7.81. The Hall–Kier alpha value is -6.91. The normalized spacial score (nSPS) is 11.9. The van der Waals surface area contributed by atoms with Gasteiger partial charge in [-0.3, -0.25) is 0 Å². The molecule has 0 amide bonds. The minimum Gasteiger partial charge on any atom is -0.456 e. The van der Waals surface area contributed by atoms with Crippen molar-refractivity contribution in [1.29, 1.82) is 0 Å². The molecule has 4 heteroatoms. The molecule has 0 atom stereocenters. The maximum absolute atomic E-state index is 6.54. The number of aromatic nitrogens is 2. The van der Waals surface area contributed by atoms with E-state index in [-0.39, 0.29) is 0 Å². The molecule has 51 heavy (non-hydrogen) atoms. The molecule has 11 rings (SSSR count). The largest absolute Gasteiger partial charge is 0.456 e. The van der Waals surface area contributed by atoms with Gasteiger partial charge in [-0.15, -0.1) is 0 Å². The highest BCUT2D eigenvalue weighted by Gasteiger charge is 2.19. The summed E-state index contributed by atoms with van der Waals surface area (Å²) in [5, 5.41) is 6.97. The van der Waals surface area contributed by atoms with Crippen LogP contribution < -0.4 is 0 Å². The summed E-state index contributed by atoms with van der Waals surface area (Å²) in [5.41, 5.74) is 12.2.